The minimum absolute atomic E-state index is 0.180. The Hall–Kier alpha value is -0.750. The molecule has 26 heavy (non-hydrogen) atoms. The molecule has 2 fully saturated rings. The van der Waals surface area contributed by atoms with Gasteiger partial charge in [0.25, 0.3) is 0 Å². The molecule has 1 N–H and O–H groups in total. The lowest BCUT2D eigenvalue weighted by atomic mass is 9.87. The molecule has 1 heterocycles. The van der Waals surface area contributed by atoms with E-state index in [1.165, 1.54) is 12.8 Å². The highest BCUT2D eigenvalue weighted by molar-refractivity contribution is 5.89. The first-order chi connectivity index (χ1) is 12.7. The van der Waals surface area contributed by atoms with E-state index in [0.29, 0.717) is 44.7 Å². The molecule has 1 aliphatic carbocycles. The highest BCUT2D eigenvalue weighted by Gasteiger charge is 2.51. The molecule has 0 radical (unpaired) electrons. The molecule has 1 saturated heterocycles. The molecule has 0 aromatic rings. The summed E-state index contributed by atoms with van der Waals surface area (Å²) in [5.74, 6) is 0.459. The van der Waals surface area contributed by atoms with E-state index in [9.17, 15) is 4.79 Å². The molecule has 150 valence electrons. The van der Waals surface area contributed by atoms with Gasteiger partial charge in [-0.05, 0) is 37.7 Å². The number of ether oxygens (including phenoxy) is 3. The number of allylic oxidation sites excluding steroid dienone is 2. The van der Waals surface area contributed by atoms with Gasteiger partial charge >= 0.3 is 0 Å². The number of carbonyl (C=O) groups is 1. The van der Waals surface area contributed by atoms with Gasteiger partial charge in [-0.25, -0.2) is 0 Å². The Balaban J connectivity index is 1.84. The molecule has 0 bridgehead atoms. The monoisotopic (exact) mass is 368 g/mol. The van der Waals surface area contributed by atoms with Crippen LogP contribution in [0.2, 0.25) is 0 Å². The topological polar surface area (TPSA) is 65.0 Å². The quantitative estimate of drug-likeness (QED) is 0.397. The first-order valence-electron chi connectivity index (χ1n) is 10.3. The van der Waals surface area contributed by atoms with Crippen LogP contribution in [0.1, 0.15) is 64.2 Å². The van der Waals surface area contributed by atoms with Gasteiger partial charge < -0.3 is 19.3 Å². The Labute approximate surface area is 158 Å². The first-order valence-corrected chi connectivity index (χ1v) is 10.3. The van der Waals surface area contributed by atoms with E-state index < -0.39 is 5.79 Å². The normalized spacial score (nSPS) is 24.8. The van der Waals surface area contributed by atoms with Crippen molar-refractivity contribution in [1.82, 2.24) is 0 Å². The van der Waals surface area contributed by atoms with Crippen LogP contribution in [0.4, 0.5) is 0 Å². The maximum atomic E-state index is 12.0. The highest BCUT2D eigenvalue weighted by atomic mass is 16.7. The van der Waals surface area contributed by atoms with Gasteiger partial charge in [0.2, 0.25) is 0 Å². The standard InChI is InChI=1S/C21H36O5/c1-24-15-7-8-19(23)11-10-18-12-13-21(25-16-17-26-21)20(18)9-5-3-2-4-6-14-22/h10-11,18,20,22H,2-9,12-17H2,1H3. The predicted octanol–water partition coefficient (Wildman–Crippen LogP) is 3.64. The van der Waals surface area contributed by atoms with Gasteiger partial charge in [-0.2, -0.15) is 0 Å². The number of aliphatic hydroxyl groups is 1. The first kappa shape index (κ1) is 21.5. The summed E-state index contributed by atoms with van der Waals surface area (Å²) in [6.07, 6.45) is 13.7. The van der Waals surface area contributed by atoms with Gasteiger partial charge in [-0.3, -0.25) is 4.79 Å². The number of methoxy groups -OCH3 is 1. The fraction of sp³-hybridized carbons (Fsp3) is 0.857. The molecule has 0 amide bonds. The summed E-state index contributed by atoms with van der Waals surface area (Å²) in [4.78, 5) is 12.0. The van der Waals surface area contributed by atoms with E-state index in [2.05, 4.69) is 6.08 Å². The van der Waals surface area contributed by atoms with Crippen molar-refractivity contribution in [3.05, 3.63) is 12.2 Å². The van der Waals surface area contributed by atoms with E-state index in [4.69, 9.17) is 19.3 Å². The minimum Gasteiger partial charge on any atom is -0.396 e. The van der Waals surface area contributed by atoms with Crippen molar-refractivity contribution < 1.29 is 24.1 Å². The van der Waals surface area contributed by atoms with Crippen molar-refractivity contribution in [3.63, 3.8) is 0 Å². The van der Waals surface area contributed by atoms with Gasteiger partial charge in [-0.1, -0.05) is 31.8 Å². The Morgan fingerprint density at radius 2 is 1.88 bits per heavy atom. The maximum Gasteiger partial charge on any atom is 0.171 e. The van der Waals surface area contributed by atoms with Crippen molar-refractivity contribution in [3.8, 4) is 0 Å². The van der Waals surface area contributed by atoms with Crippen LogP contribution in [0, 0.1) is 11.8 Å². The summed E-state index contributed by atoms with van der Waals surface area (Å²) in [6, 6.07) is 0. The van der Waals surface area contributed by atoms with Gasteiger partial charge in [0, 0.05) is 39.1 Å². The second-order valence-electron chi connectivity index (χ2n) is 7.52. The molecule has 2 rings (SSSR count). The Morgan fingerprint density at radius 3 is 2.62 bits per heavy atom. The average molecular weight is 369 g/mol. The number of unbranched alkanes of at least 4 members (excludes halogenated alkanes) is 4. The fourth-order valence-electron chi connectivity index (χ4n) is 4.29. The summed E-state index contributed by atoms with van der Waals surface area (Å²) >= 11 is 0. The van der Waals surface area contributed by atoms with E-state index in [1.807, 2.05) is 0 Å². The zero-order valence-corrected chi connectivity index (χ0v) is 16.3. The molecule has 1 spiro atoms. The van der Waals surface area contributed by atoms with Crippen LogP contribution in [0.3, 0.4) is 0 Å². The van der Waals surface area contributed by atoms with E-state index in [-0.39, 0.29) is 5.78 Å². The third-order valence-corrected chi connectivity index (χ3v) is 5.66. The van der Waals surface area contributed by atoms with Gasteiger partial charge in [0.15, 0.2) is 11.6 Å². The van der Waals surface area contributed by atoms with E-state index >= 15 is 0 Å². The Bertz CT molecular complexity index is 428. The summed E-state index contributed by atoms with van der Waals surface area (Å²) < 4.78 is 17.1. The van der Waals surface area contributed by atoms with Crippen LogP contribution in [-0.4, -0.2) is 50.2 Å². The number of aliphatic hydroxyl groups excluding tert-OH is 1. The Morgan fingerprint density at radius 1 is 1.15 bits per heavy atom. The number of carbonyl (C=O) groups excluding carboxylic acids is 1. The molecule has 1 saturated carbocycles. The lowest BCUT2D eigenvalue weighted by molar-refractivity contribution is -0.186. The largest absolute Gasteiger partial charge is 0.396 e. The highest BCUT2D eigenvalue weighted by Crippen LogP contribution is 2.48. The molecule has 0 aromatic carbocycles. The SMILES string of the molecule is COCCCC(=O)C=CC1CCC2(OCCO2)C1CCCCCCCO. The number of ketones is 1. The Kier molecular flexibility index (Phi) is 9.83. The second kappa shape index (κ2) is 11.9. The summed E-state index contributed by atoms with van der Waals surface area (Å²) in [5.41, 5.74) is 0. The maximum absolute atomic E-state index is 12.0. The van der Waals surface area contributed by atoms with Gasteiger partial charge in [0.05, 0.1) is 13.2 Å². The molecule has 2 atom stereocenters. The molecule has 2 aliphatic rings. The summed E-state index contributed by atoms with van der Waals surface area (Å²) in [6.45, 7) is 2.28. The number of hydrogen-bond donors (Lipinski definition) is 1. The van der Waals surface area contributed by atoms with E-state index in [0.717, 1.165) is 44.9 Å². The van der Waals surface area contributed by atoms with Crippen molar-refractivity contribution in [2.75, 3.05) is 33.5 Å². The average Bonchev–Trinajstić information content (AvgIpc) is 3.25. The zero-order valence-electron chi connectivity index (χ0n) is 16.3. The van der Waals surface area contributed by atoms with Crippen molar-refractivity contribution in [2.24, 2.45) is 11.8 Å². The zero-order chi connectivity index (χ0) is 18.7. The predicted molar refractivity (Wildman–Crippen MR) is 101 cm³/mol. The van der Waals surface area contributed by atoms with Gasteiger partial charge in [-0.15, -0.1) is 0 Å². The van der Waals surface area contributed by atoms with Crippen molar-refractivity contribution in [2.45, 2.75) is 70.0 Å². The van der Waals surface area contributed by atoms with Crippen LogP contribution >= 0.6 is 0 Å². The molecule has 5 heteroatoms. The summed E-state index contributed by atoms with van der Waals surface area (Å²) in [5, 5.41) is 8.87. The van der Waals surface area contributed by atoms with Crippen LogP contribution in [0.25, 0.3) is 0 Å². The molecular formula is C21H36O5. The fourth-order valence-corrected chi connectivity index (χ4v) is 4.29. The van der Waals surface area contributed by atoms with Crippen molar-refractivity contribution in [1.29, 1.82) is 0 Å². The molecular weight excluding hydrogens is 332 g/mol. The molecule has 5 nitrogen and oxygen atoms in total. The van der Waals surface area contributed by atoms with Crippen LogP contribution in [0.5, 0.6) is 0 Å². The van der Waals surface area contributed by atoms with Crippen LogP contribution < -0.4 is 0 Å². The van der Waals surface area contributed by atoms with Crippen molar-refractivity contribution >= 4 is 5.78 Å². The second-order valence-corrected chi connectivity index (χ2v) is 7.52. The molecule has 0 aromatic heterocycles. The smallest absolute Gasteiger partial charge is 0.171 e. The van der Waals surface area contributed by atoms with Crippen LogP contribution in [0.15, 0.2) is 12.2 Å². The number of rotatable bonds is 13. The minimum atomic E-state index is -0.417. The lowest BCUT2D eigenvalue weighted by Gasteiger charge is -2.31. The van der Waals surface area contributed by atoms with Gasteiger partial charge in [0.1, 0.15) is 0 Å². The lowest BCUT2D eigenvalue weighted by Crippen LogP contribution is -2.36. The summed E-state index contributed by atoms with van der Waals surface area (Å²) in [7, 11) is 1.66. The van der Waals surface area contributed by atoms with Crippen LogP contribution in [-0.2, 0) is 19.0 Å². The molecule has 1 aliphatic heterocycles. The molecule has 2 unspecified atom stereocenters. The van der Waals surface area contributed by atoms with E-state index in [1.54, 1.807) is 13.2 Å². The number of hydrogen-bond acceptors (Lipinski definition) is 5. The third-order valence-electron chi connectivity index (χ3n) is 5.66. The third kappa shape index (κ3) is 6.45.